The lowest BCUT2D eigenvalue weighted by atomic mass is 10.1. The summed E-state index contributed by atoms with van der Waals surface area (Å²) in [5.41, 5.74) is 0. The van der Waals surface area contributed by atoms with Crippen molar-refractivity contribution in [1.82, 2.24) is 0 Å². The fourth-order valence-electron chi connectivity index (χ4n) is 3.02. The SMILES string of the molecule is CCCCCCCCCCCCCC(=O)OC[C@H](COP(=O)(O)OCC[N+](C)(C)C)OC. The highest BCUT2D eigenvalue weighted by molar-refractivity contribution is 7.47. The van der Waals surface area contributed by atoms with Crippen LogP contribution >= 0.6 is 7.82 Å². The van der Waals surface area contributed by atoms with Crippen molar-refractivity contribution in [2.45, 2.75) is 90.1 Å². The lowest BCUT2D eigenvalue weighted by molar-refractivity contribution is -0.870. The number of hydrogen-bond acceptors (Lipinski definition) is 6. The summed E-state index contributed by atoms with van der Waals surface area (Å²) in [6.45, 7) is 2.69. The van der Waals surface area contributed by atoms with Gasteiger partial charge in [0, 0.05) is 13.5 Å². The molecule has 0 aromatic rings. The molecule has 0 saturated heterocycles. The van der Waals surface area contributed by atoms with Crippen LogP contribution in [0.1, 0.15) is 84.0 Å². The lowest BCUT2D eigenvalue weighted by Gasteiger charge is -2.24. The number of likely N-dealkylation sites (N-methyl/N-ethyl adjacent to an activating group) is 1. The zero-order chi connectivity index (χ0) is 24.3. The number of ether oxygens (including phenoxy) is 2. The molecule has 1 unspecified atom stereocenters. The molecule has 0 amide bonds. The molecule has 0 aromatic carbocycles. The van der Waals surface area contributed by atoms with Gasteiger partial charge in [0.05, 0.1) is 27.7 Å². The molecule has 0 bridgehead atoms. The Balaban J connectivity index is 3.77. The Morgan fingerprint density at radius 1 is 0.875 bits per heavy atom. The summed E-state index contributed by atoms with van der Waals surface area (Å²) in [4.78, 5) is 21.7. The van der Waals surface area contributed by atoms with Crippen molar-refractivity contribution in [3.05, 3.63) is 0 Å². The first kappa shape index (κ1) is 31.5. The van der Waals surface area contributed by atoms with Crippen LogP contribution in [0.4, 0.5) is 0 Å². The minimum absolute atomic E-state index is 0.0216. The first-order valence-electron chi connectivity index (χ1n) is 12.2. The quantitative estimate of drug-likeness (QED) is 0.0995. The summed E-state index contributed by atoms with van der Waals surface area (Å²) in [6.07, 6.45) is 13.3. The van der Waals surface area contributed by atoms with Gasteiger partial charge in [-0.15, -0.1) is 0 Å². The number of carbonyl (C=O) groups excluding carboxylic acids is 1. The van der Waals surface area contributed by atoms with E-state index in [1.165, 1.54) is 58.5 Å². The molecule has 0 aliphatic carbocycles. The molecule has 9 heteroatoms. The molecule has 0 saturated carbocycles. The van der Waals surface area contributed by atoms with E-state index in [1.807, 2.05) is 21.1 Å². The molecule has 2 atom stereocenters. The maximum atomic E-state index is 11.9. The summed E-state index contributed by atoms with van der Waals surface area (Å²) in [6, 6.07) is 0. The third-order valence-corrected chi connectivity index (χ3v) is 6.17. The number of hydrogen-bond donors (Lipinski definition) is 1. The Morgan fingerprint density at radius 3 is 1.91 bits per heavy atom. The minimum atomic E-state index is -4.16. The summed E-state index contributed by atoms with van der Waals surface area (Å²) in [7, 11) is 3.14. The number of methoxy groups -OCH3 is 1. The van der Waals surface area contributed by atoms with Gasteiger partial charge in [0.25, 0.3) is 0 Å². The Bertz CT molecular complexity index is 511. The molecule has 32 heavy (non-hydrogen) atoms. The predicted molar refractivity (Wildman–Crippen MR) is 127 cm³/mol. The zero-order valence-corrected chi connectivity index (χ0v) is 22.1. The van der Waals surface area contributed by atoms with Gasteiger partial charge in [0.15, 0.2) is 0 Å². The third-order valence-electron chi connectivity index (χ3n) is 5.19. The molecular formula is C23H49NO7P+. The first-order chi connectivity index (χ1) is 15.1. The van der Waals surface area contributed by atoms with E-state index in [1.54, 1.807) is 0 Å². The molecule has 0 fully saturated rings. The van der Waals surface area contributed by atoms with Crippen LogP contribution in [0.3, 0.4) is 0 Å². The molecule has 0 rings (SSSR count). The second-order valence-electron chi connectivity index (χ2n) is 9.44. The van der Waals surface area contributed by atoms with Crippen LogP contribution in [0.25, 0.3) is 0 Å². The molecule has 0 heterocycles. The van der Waals surface area contributed by atoms with E-state index in [-0.39, 0.29) is 25.8 Å². The van der Waals surface area contributed by atoms with Gasteiger partial charge >= 0.3 is 13.8 Å². The number of quaternary nitrogens is 1. The fraction of sp³-hybridized carbons (Fsp3) is 0.957. The van der Waals surface area contributed by atoms with E-state index in [2.05, 4.69) is 6.92 Å². The Morgan fingerprint density at radius 2 is 1.41 bits per heavy atom. The Kier molecular flexibility index (Phi) is 18.6. The number of nitrogens with zero attached hydrogens (tertiary/aromatic N) is 1. The molecule has 8 nitrogen and oxygen atoms in total. The maximum Gasteiger partial charge on any atom is 0.472 e. The number of esters is 1. The molecule has 192 valence electrons. The van der Waals surface area contributed by atoms with Gasteiger partial charge < -0.3 is 18.9 Å². The number of phosphoric acid groups is 1. The second-order valence-corrected chi connectivity index (χ2v) is 10.9. The van der Waals surface area contributed by atoms with Crippen LogP contribution in [-0.4, -0.2) is 76.1 Å². The van der Waals surface area contributed by atoms with Gasteiger partial charge in [0.1, 0.15) is 25.9 Å². The van der Waals surface area contributed by atoms with Crippen LogP contribution in [0, 0.1) is 0 Å². The van der Waals surface area contributed by atoms with Gasteiger partial charge in [-0.2, -0.15) is 0 Å². The van der Waals surface area contributed by atoms with Crippen LogP contribution < -0.4 is 0 Å². The summed E-state index contributed by atoms with van der Waals surface area (Å²) >= 11 is 0. The monoisotopic (exact) mass is 482 g/mol. The topological polar surface area (TPSA) is 91.3 Å². The molecule has 0 aromatic heterocycles. The van der Waals surface area contributed by atoms with Gasteiger partial charge in [-0.3, -0.25) is 13.8 Å². The first-order valence-corrected chi connectivity index (χ1v) is 13.7. The highest BCUT2D eigenvalue weighted by atomic mass is 31.2. The Hall–Kier alpha value is -0.500. The number of unbranched alkanes of at least 4 members (excludes halogenated alkanes) is 10. The summed E-state index contributed by atoms with van der Waals surface area (Å²) < 4.78 is 32.9. The van der Waals surface area contributed by atoms with E-state index >= 15 is 0 Å². The predicted octanol–water partition coefficient (Wildman–Crippen LogP) is 5.09. The van der Waals surface area contributed by atoms with Crippen molar-refractivity contribution < 1.29 is 37.3 Å². The summed E-state index contributed by atoms with van der Waals surface area (Å²) in [5, 5.41) is 0. The fourth-order valence-corrected chi connectivity index (χ4v) is 3.76. The highest BCUT2D eigenvalue weighted by Crippen LogP contribution is 2.43. The van der Waals surface area contributed by atoms with E-state index < -0.39 is 13.9 Å². The highest BCUT2D eigenvalue weighted by Gasteiger charge is 2.25. The third kappa shape index (κ3) is 21.4. The number of phosphoric ester groups is 1. The smallest absolute Gasteiger partial charge is 0.463 e. The van der Waals surface area contributed by atoms with Gasteiger partial charge in [0.2, 0.25) is 0 Å². The molecule has 0 aliphatic heterocycles. The largest absolute Gasteiger partial charge is 0.472 e. The van der Waals surface area contributed by atoms with Crippen molar-refractivity contribution in [2.75, 3.05) is 54.6 Å². The molecule has 0 aliphatic rings. The van der Waals surface area contributed by atoms with Crippen molar-refractivity contribution in [2.24, 2.45) is 0 Å². The lowest BCUT2D eigenvalue weighted by Crippen LogP contribution is -2.37. The second kappa shape index (κ2) is 18.9. The van der Waals surface area contributed by atoms with Crippen molar-refractivity contribution in [1.29, 1.82) is 0 Å². The normalized spacial score (nSPS) is 14.8. The van der Waals surface area contributed by atoms with Crippen LogP contribution in [0.5, 0.6) is 0 Å². The van der Waals surface area contributed by atoms with Crippen molar-refractivity contribution >= 4 is 13.8 Å². The molecule has 0 spiro atoms. The van der Waals surface area contributed by atoms with E-state index in [0.717, 1.165) is 19.3 Å². The Labute approximate surface area is 196 Å². The number of carbonyl (C=O) groups is 1. The molecule has 1 N–H and O–H groups in total. The zero-order valence-electron chi connectivity index (χ0n) is 21.2. The van der Waals surface area contributed by atoms with Crippen LogP contribution in [0.2, 0.25) is 0 Å². The van der Waals surface area contributed by atoms with E-state index in [4.69, 9.17) is 18.5 Å². The van der Waals surface area contributed by atoms with E-state index in [0.29, 0.717) is 17.4 Å². The van der Waals surface area contributed by atoms with E-state index in [9.17, 15) is 14.3 Å². The standard InChI is InChI=1S/C23H48NO7P/c1-6-7-8-9-10-11-12-13-14-15-16-17-23(25)29-20-22(28-5)21-31-32(26,27)30-19-18-24(2,3)4/h22H,6-21H2,1-5H3/p+1/t22-/m1/s1. The van der Waals surface area contributed by atoms with Gasteiger partial charge in [-0.25, -0.2) is 4.57 Å². The summed E-state index contributed by atoms with van der Waals surface area (Å²) in [5.74, 6) is -0.283. The van der Waals surface area contributed by atoms with Crippen molar-refractivity contribution in [3.63, 3.8) is 0 Å². The van der Waals surface area contributed by atoms with Crippen LogP contribution in [-0.2, 0) is 27.9 Å². The molecule has 0 radical (unpaired) electrons. The van der Waals surface area contributed by atoms with Crippen LogP contribution in [0.15, 0.2) is 0 Å². The van der Waals surface area contributed by atoms with Gasteiger partial charge in [-0.05, 0) is 6.42 Å². The molecular weight excluding hydrogens is 433 g/mol. The maximum absolute atomic E-state index is 11.9. The van der Waals surface area contributed by atoms with Gasteiger partial charge in [-0.1, -0.05) is 71.1 Å². The minimum Gasteiger partial charge on any atom is -0.463 e. The average Bonchev–Trinajstić information content (AvgIpc) is 2.71. The average molecular weight is 483 g/mol. The van der Waals surface area contributed by atoms with Crippen molar-refractivity contribution in [3.8, 4) is 0 Å². The number of rotatable bonds is 22.